The zero-order valence-corrected chi connectivity index (χ0v) is 19.9. The minimum absolute atomic E-state index is 0.0498. The van der Waals surface area contributed by atoms with E-state index in [2.05, 4.69) is 24.5 Å². The fraction of sp³-hybridized carbons (Fsp3) is 0.545. The summed E-state index contributed by atoms with van der Waals surface area (Å²) in [6.45, 7) is 10.9. The van der Waals surface area contributed by atoms with Gasteiger partial charge < -0.3 is 4.90 Å². The van der Waals surface area contributed by atoms with Crippen LogP contribution in [0.1, 0.15) is 43.9 Å². The van der Waals surface area contributed by atoms with Crippen LogP contribution in [0.5, 0.6) is 0 Å². The molecule has 1 N–H and O–H groups in total. The Bertz CT molecular complexity index is 1050. The van der Waals surface area contributed by atoms with Crippen LogP contribution in [0, 0.1) is 12.8 Å². The van der Waals surface area contributed by atoms with E-state index in [1.807, 2.05) is 13.8 Å². The third-order valence-electron chi connectivity index (χ3n) is 5.99. The first-order chi connectivity index (χ1) is 14.7. The molecule has 1 aromatic heterocycles. The lowest BCUT2D eigenvalue weighted by Gasteiger charge is -2.34. The van der Waals surface area contributed by atoms with Crippen molar-refractivity contribution < 1.29 is 8.42 Å². The van der Waals surface area contributed by atoms with E-state index in [-0.39, 0.29) is 15.8 Å². The fourth-order valence-electron chi connectivity index (χ4n) is 3.80. The van der Waals surface area contributed by atoms with E-state index in [1.54, 1.807) is 31.3 Å². The molecule has 2 fully saturated rings. The lowest BCUT2D eigenvalue weighted by atomic mass is 10.0. The van der Waals surface area contributed by atoms with Crippen molar-refractivity contribution in [3.05, 3.63) is 40.7 Å². The van der Waals surface area contributed by atoms with Crippen LogP contribution in [-0.4, -0.2) is 56.0 Å². The van der Waals surface area contributed by atoms with E-state index in [9.17, 15) is 8.42 Å². The number of nitrogens with one attached hydrogen (secondary N) is 1. The Morgan fingerprint density at radius 2 is 1.90 bits per heavy atom. The Kier molecular flexibility index (Phi) is 6.42. The lowest BCUT2D eigenvalue weighted by Crippen LogP contribution is -2.47. The SMILES string of the molecule is Cc1nc(N2CCN(CC3CC3)CC2)ncc1NS(=O)(=O)c1ccc(C(C)C)cc1Cl. The van der Waals surface area contributed by atoms with Gasteiger partial charge in [0, 0.05) is 32.7 Å². The minimum atomic E-state index is -3.84. The summed E-state index contributed by atoms with van der Waals surface area (Å²) in [7, 11) is -3.84. The first-order valence-corrected chi connectivity index (χ1v) is 12.7. The van der Waals surface area contributed by atoms with Crippen molar-refractivity contribution >= 4 is 33.3 Å². The number of halogens is 1. The van der Waals surface area contributed by atoms with Crippen molar-refractivity contribution in [2.75, 3.05) is 42.3 Å². The highest BCUT2D eigenvalue weighted by atomic mass is 35.5. The molecule has 0 spiro atoms. The van der Waals surface area contributed by atoms with Gasteiger partial charge in [0.25, 0.3) is 10.0 Å². The summed E-state index contributed by atoms with van der Waals surface area (Å²) in [5, 5.41) is 0.206. The summed E-state index contributed by atoms with van der Waals surface area (Å²) < 4.78 is 28.4. The van der Waals surface area contributed by atoms with Gasteiger partial charge in [-0.25, -0.2) is 18.4 Å². The maximum absolute atomic E-state index is 12.9. The van der Waals surface area contributed by atoms with E-state index < -0.39 is 10.0 Å². The van der Waals surface area contributed by atoms with Gasteiger partial charge in [-0.1, -0.05) is 31.5 Å². The number of piperazine rings is 1. The topological polar surface area (TPSA) is 78.4 Å². The maximum atomic E-state index is 12.9. The van der Waals surface area contributed by atoms with Crippen LogP contribution in [0.15, 0.2) is 29.3 Å². The van der Waals surface area contributed by atoms with Gasteiger partial charge in [0.05, 0.1) is 22.6 Å². The number of aromatic nitrogens is 2. The predicted molar refractivity (Wildman–Crippen MR) is 124 cm³/mol. The fourth-order valence-corrected chi connectivity index (χ4v) is 5.45. The van der Waals surface area contributed by atoms with E-state index >= 15 is 0 Å². The molecule has 0 radical (unpaired) electrons. The van der Waals surface area contributed by atoms with E-state index in [4.69, 9.17) is 11.6 Å². The van der Waals surface area contributed by atoms with E-state index in [0.717, 1.165) is 37.7 Å². The summed E-state index contributed by atoms with van der Waals surface area (Å²) in [5.74, 6) is 1.80. The highest BCUT2D eigenvalue weighted by Gasteiger charge is 2.27. The lowest BCUT2D eigenvalue weighted by molar-refractivity contribution is 0.247. The second-order valence-corrected chi connectivity index (χ2v) is 10.9. The van der Waals surface area contributed by atoms with Crippen LogP contribution in [0.3, 0.4) is 0 Å². The summed E-state index contributed by atoms with van der Waals surface area (Å²) >= 11 is 6.28. The second-order valence-electron chi connectivity index (χ2n) is 8.85. The normalized spacial score (nSPS) is 17.9. The van der Waals surface area contributed by atoms with Crippen molar-refractivity contribution in [3.63, 3.8) is 0 Å². The Morgan fingerprint density at radius 3 is 2.48 bits per heavy atom. The van der Waals surface area contributed by atoms with Gasteiger partial charge >= 0.3 is 0 Å². The Labute approximate surface area is 189 Å². The van der Waals surface area contributed by atoms with Gasteiger partial charge in [0.15, 0.2) is 0 Å². The minimum Gasteiger partial charge on any atom is -0.338 e. The predicted octanol–water partition coefficient (Wildman–Crippen LogP) is 3.89. The largest absolute Gasteiger partial charge is 0.338 e. The molecular weight excluding hydrogens is 434 g/mol. The molecule has 7 nitrogen and oxygen atoms in total. The number of anilines is 2. The van der Waals surface area contributed by atoms with Gasteiger partial charge in [-0.15, -0.1) is 0 Å². The third-order valence-corrected chi connectivity index (χ3v) is 7.84. The van der Waals surface area contributed by atoms with Crippen LogP contribution in [0.25, 0.3) is 0 Å². The first-order valence-electron chi connectivity index (χ1n) is 10.9. The summed E-state index contributed by atoms with van der Waals surface area (Å²) in [4.78, 5) is 13.7. The molecule has 168 valence electrons. The van der Waals surface area contributed by atoms with Crippen LogP contribution >= 0.6 is 11.6 Å². The average Bonchev–Trinajstić information content (AvgIpc) is 3.53. The Hall–Kier alpha value is -1.90. The summed E-state index contributed by atoms with van der Waals surface area (Å²) in [6.07, 6.45) is 4.28. The standard InChI is InChI=1S/C22H30ClN5O2S/c1-15(2)18-6-7-21(19(23)12-18)31(29,30)26-20-13-24-22(25-16(20)3)28-10-8-27(9-11-28)14-17-4-5-17/h6-7,12-13,15,17,26H,4-5,8-11,14H2,1-3H3. The molecule has 31 heavy (non-hydrogen) atoms. The maximum Gasteiger partial charge on any atom is 0.263 e. The molecule has 2 aromatic rings. The molecule has 0 atom stereocenters. The molecule has 1 saturated heterocycles. The molecule has 2 aliphatic rings. The quantitative estimate of drug-likeness (QED) is 0.671. The molecule has 0 bridgehead atoms. The average molecular weight is 464 g/mol. The smallest absolute Gasteiger partial charge is 0.263 e. The Balaban J connectivity index is 1.44. The van der Waals surface area contributed by atoms with E-state index in [1.165, 1.54) is 19.4 Å². The number of aryl methyl sites for hydroxylation is 1. The van der Waals surface area contributed by atoms with Crippen molar-refractivity contribution in [2.24, 2.45) is 5.92 Å². The number of hydrogen-bond donors (Lipinski definition) is 1. The molecule has 1 saturated carbocycles. The second kappa shape index (κ2) is 8.92. The molecular formula is C22H30ClN5O2S. The zero-order chi connectivity index (χ0) is 22.2. The number of rotatable bonds is 7. The van der Waals surface area contributed by atoms with Gasteiger partial charge in [-0.3, -0.25) is 9.62 Å². The summed E-state index contributed by atoms with van der Waals surface area (Å²) in [6, 6.07) is 5.04. The van der Waals surface area contributed by atoms with Crippen molar-refractivity contribution in [3.8, 4) is 0 Å². The molecule has 0 amide bonds. The van der Waals surface area contributed by atoms with Gasteiger partial charge in [-0.2, -0.15) is 0 Å². The van der Waals surface area contributed by atoms with Crippen molar-refractivity contribution in [1.29, 1.82) is 0 Å². The number of sulfonamides is 1. The Morgan fingerprint density at radius 1 is 1.19 bits per heavy atom. The van der Waals surface area contributed by atoms with Crippen LogP contribution in [0.4, 0.5) is 11.6 Å². The monoisotopic (exact) mass is 463 g/mol. The van der Waals surface area contributed by atoms with Gasteiger partial charge in [0.2, 0.25) is 5.95 Å². The molecule has 4 rings (SSSR count). The van der Waals surface area contributed by atoms with Gasteiger partial charge in [0.1, 0.15) is 4.90 Å². The van der Waals surface area contributed by atoms with Crippen molar-refractivity contribution in [1.82, 2.24) is 14.9 Å². The molecule has 9 heteroatoms. The van der Waals surface area contributed by atoms with Crippen LogP contribution < -0.4 is 9.62 Å². The molecule has 1 aliphatic carbocycles. The highest BCUT2D eigenvalue weighted by molar-refractivity contribution is 7.92. The molecule has 1 aromatic carbocycles. The highest BCUT2D eigenvalue weighted by Crippen LogP contribution is 2.30. The molecule has 1 aliphatic heterocycles. The molecule has 2 heterocycles. The van der Waals surface area contributed by atoms with Crippen LogP contribution in [0.2, 0.25) is 5.02 Å². The number of nitrogens with zero attached hydrogens (tertiary/aromatic N) is 4. The molecule has 0 unspecified atom stereocenters. The van der Waals surface area contributed by atoms with E-state index in [0.29, 0.717) is 17.3 Å². The van der Waals surface area contributed by atoms with Gasteiger partial charge in [-0.05, 0) is 49.3 Å². The zero-order valence-electron chi connectivity index (χ0n) is 18.3. The van der Waals surface area contributed by atoms with Crippen LogP contribution in [-0.2, 0) is 10.0 Å². The van der Waals surface area contributed by atoms with Crippen molar-refractivity contribution in [2.45, 2.75) is 44.4 Å². The number of hydrogen-bond acceptors (Lipinski definition) is 6. The summed E-state index contributed by atoms with van der Waals surface area (Å²) in [5.41, 5.74) is 1.94. The first kappa shape index (κ1) is 22.3. The third kappa shape index (κ3) is 5.30. The number of benzene rings is 1.